The quantitative estimate of drug-likeness (QED) is 0.398. The Balaban J connectivity index is 1.46. The lowest BCUT2D eigenvalue weighted by Gasteiger charge is -2.33. The van der Waals surface area contributed by atoms with Crippen LogP contribution in [0.5, 0.6) is 5.75 Å². The second-order valence-electron chi connectivity index (χ2n) is 11.0. The van der Waals surface area contributed by atoms with E-state index in [1.165, 1.54) is 0 Å². The number of hydrogen-bond donors (Lipinski definition) is 1. The summed E-state index contributed by atoms with van der Waals surface area (Å²) in [6.07, 6.45) is 2.90. The highest BCUT2D eigenvalue weighted by Crippen LogP contribution is 2.34. The van der Waals surface area contributed by atoms with Crippen LogP contribution in [-0.2, 0) is 18.3 Å². The lowest BCUT2D eigenvalue weighted by Crippen LogP contribution is -2.50. The van der Waals surface area contributed by atoms with Crippen molar-refractivity contribution in [1.29, 1.82) is 0 Å². The van der Waals surface area contributed by atoms with Gasteiger partial charge in [-0.05, 0) is 70.9 Å². The average Bonchev–Trinajstić information content (AvgIpc) is 3.43. The minimum Gasteiger partial charge on any atom is -0.494 e. The second kappa shape index (κ2) is 10.2. The molecule has 2 amide bonds. The number of methoxy groups -OCH3 is 1. The number of nitrogens with one attached hydrogen (secondary N) is 1. The smallest absolute Gasteiger partial charge is 0.407 e. The van der Waals surface area contributed by atoms with Crippen LogP contribution in [0, 0.1) is 0 Å². The first-order chi connectivity index (χ1) is 18.6. The fourth-order valence-corrected chi connectivity index (χ4v) is 5.35. The van der Waals surface area contributed by atoms with Gasteiger partial charge in [0, 0.05) is 49.9 Å². The fraction of sp³-hybridized carbons (Fsp3) is 0.448. The summed E-state index contributed by atoms with van der Waals surface area (Å²) in [5.74, 6) is 1.23. The van der Waals surface area contributed by atoms with E-state index in [4.69, 9.17) is 14.5 Å². The third kappa shape index (κ3) is 5.15. The van der Waals surface area contributed by atoms with Crippen molar-refractivity contribution in [3.05, 3.63) is 42.1 Å². The Bertz CT molecular complexity index is 1550. The largest absolute Gasteiger partial charge is 0.494 e. The minimum absolute atomic E-state index is 0.120. The molecule has 0 unspecified atom stereocenters. The number of hydrogen-bond acceptors (Lipinski definition) is 6. The molecule has 0 spiro atoms. The number of aromatic nitrogens is 4. The summed E-state index contributed by atoms with van der Waals surface area (Å²) in [5.41, 5.74) is 3.27. The third-order valence-corrected chi connectivity index (χ3v) is 7.03. The standard InChI is InChI=1S/C29H36N6O4/c1-7-35-22(15-18-10-8-12-30-25(18)35)26-32-21-14-19(16-23(38-6)24(21)33(26)5)27(36)34-13-9-11-20(17-34)31-28(37)39-29(2,3)4/h8,10,12,14-16,20H,7,9,11,13,17H2,1-6H3,(H,31,37)/t20-/m0/s1. The number of carbonyl (C=O) groups excluding carboxylic acids is 2. The van der Waals surface area contributed by atoms with E-state index >= 15 is 0 Å². The van der Waals surface area contributed by atoms with Gasteiger partial charge >= 0.3 is 6.09 Å². The normalized spacial score (nSPS) is 16.1. The van der Waals surface area contributed by atoms with Crippen molar-refractivity contribution in [2.45, 2.75) is 58.7 Å². The summed E-state index contributed by atoms with van der Waals surface area (Å²) < 4.78 is 15.3. The van der Waals surface area contributed by atoms with E-state index in [2.05, 4.69) is 27.9 Å². The van der Waals surface area contributed by atoms with Crippen LogP contribution in [0.1, 0.15) is 50.9 Å². The first-order valence-corrected chi connectivity index (χ1v) is 13.4. The lowest BCUT2D eigenvalue weighted by atomic mass is 10.0. The van der Waals surface area contributed by atoms with Gasteiger partial charge in [0.15, 0.2) is 5.82 Å². The molecular weight excluding hydrogens is 496 g/mol. The number of amides is 2. The topological polar surface area (TPSA) is 104 Å². The number of ether oxygens (including phenoxy) is 2. The summed E-state index contributed by atoms with van der Waals surface area (Å²) in [4.78, 5) is 37.2. The van der Waals surface area contributed by atoms with Crippen LogP contribution in [0.2, 0.25) is 0 Å². The molecule has 1 aromatic carbocycles. The number of rotatable bonds is 5. The number of fused-ring (bicyclic) bond motifs is 2. The van der Waals surface area contributed by atoms with E-state index in [9.17, 15) is 9.59 Å². The molecule has 39 heavy (non-hydrogen) atoms. The molecule has 1 aliphatic heterocycles. The molecule has 206 valence electrons. The monoisotopic (exact) mass is 532 g/mol. The van der Waals surface area contributed by atoms with Crippen LogP contribution in [0.3, 0.4) is 0 Å². The first kappa shape index (κ1) is 26.5. The van der Waals surface area contributed by atoms with Crippen molar-refractivity contribution in [2.24, 2.45) is 7.05 Å². The zero-order valence-electron chi connectivity index (χ0n) is 23.4. The molecular formula is C29H36N6O4. The van der Waals surface area contributed by atoms with Crippen molar-refractivity contribution < 1.29 is 19.1 Å². The number of benzene rings is 1. The third-order valence-electron chi connectivity index (χ3n) is 7.03. The predicted octanol–water partition coefficient (Wildman–Crippen LogP) is 4.75. The highest BCUT2D eigenvalue weighted by molar-refractivity contribution is 6.00. The molecule has 10 nitrogen and oxygen atoms in total. The van der Waals surface area contributed by atoms with Gasteiger partial charge < -0.3 is 28.8 Å². The Morgan fingerprint density at radius 3 is 2.72 bits per heavy atom. The van der Waals surface area contributed by atoms with Crippen molar-refractivity contribution >= 4 is 34.1 Å². The van der Waals surface area contributed by atoms with Crippen molar-refractivity contribution in [3.63, 3.8) is 0 Å². The van der Waals surface area contributed by atoms with Crippen molar-refractivity contribution in [2.75, 3.05) is 20.2 Å². The van der Waals surface area contributed by atoms with Crippen LogP contribution < -0.4 is 10.1 Å². The summed E-state index contributed by atoms with van der Waals surface area (Å²) in [5, 5.41) is 3.96. The van der Waals surface area contributed by atoms with E-state index in [0.29, 0.717) is 29.9 Å². The van der Waals surface area contributed by atoms with Crippen LogP contribution in [-0.4, -0.2) is 67.8 Å². The second-order valence-corrected chi connectivity index (χ2v) is 11.0. The van der Waals surface area contributed by atoms with Gasteiger partial charge in [-0.3, -0.25) is 4.79 Å². The molecule has 0 saturated carbocycles. The summed E-state index contributed by atoms with van der Waals surface area (Å²) in [7, 11) is 3.56. The van der Waals surface area contributed by atoms with E-state index in [1.54, 1.807) is 24.3 Å². The Hall–Kier alpha value is -4.08. The number of piperidine rings is 1. The number of aryl methyl sites for hydroxylation is 2. The fourth-order valence-electron chi connectivity index (χ4n) is 5.35. The first-order valence-electron chi connectivity index (χ1n) is 13.4. The van der Waals surface area contributed by atoms with Crippen LogP contribution in [0.4, 0.5) is 4.79 Å². The molecule has 1 atom stereocenters. The van der Waals surface area contributed by atoms with Gasteiger partial charge in [0.1, 0.15) is 22.5 Å². The zero-order chi connectivity index (χ0) is 27.9. The molecule has 10 heteroatoms. The van der Waals surface area contributed by atoms with Gasteiger partial charge in [-0.2, -0.15) is 0 Å². The molecule has 1 fully saturated rings. The molecule has 0 radical (unpaired) electrons. The molecule has 0 bridgehead atoms. The van der Waals surface area contributed by atoms with Gasteiger partial charge in [0.2, 0.25) is 0 Å². The summed E-state index contributed by atoms with van der Waals surface area (Å²) >= 11 is 0. The number of imidazole rings is 1. The molecule has 1 N–H and O–H groups in total. The predicted molar refractivity (Wildman–Crippen MR) is 150 cm³/mol. The van der Waals surface area contributed by atoms with E-state index in [0.717, 1.165) is 47.5 Å². The summed E-state index contributed by atoms with van der Waals surface area (Å²) in [6.45, 7) is 9.34. The van der Waals surface area contributed by atoms with Gasteiger partial charge in [-0.25, -0.2) is 14.8 Å². The maximum absolute atomic E-state index is 13.6. The molecule has 3 aromatic heterocycles. The minimum atomic E-state index is -0.580. The van der Waals surface area contributed by atoms with E-state index in [1.807, 2.05) is 50.6 Å². The highest BCUT2D eigenvalue weighted by atomic mass is 16.6. The van der Waals surface area contributed by atoms with Gasteiger partial charge in [0.25, 0.3) is 5.91 Å². The van der Waals surface area contributed by atoms with E-state index < -0.39 is 11.7 Å². The van der Waals surface area contributed by atoms with Gasteiger partial charge in [-0.1, -0.05) is 0 Å². The van der Waals surface area contributed by atoms with Crippen molar-refractivity contribution in [3.8, 4) is 17.3 Å². The summed E-state index contributed by atoms with van der Waals surface area (Å²) in [6, 6.07) is 9.49. The Kier molecular flexibility index (Phi) is 6.96. The van der Waals surface area contributed by atoms with E-state index in [-0.39, 0.29) is 11.9 Å². The SMILES string of the molecule is CCn1c(-c2nc3cc(C(=O)N4CCC[C@H](NC(=O)OC(C)(C)C)C4)cc(OC)c3n2C)cc2cccnc21. The molecule has 4 aromatic rings. The Morgan fingerprint density at radius 1 is 1.21 bits per heavy atom. The molecule has 1 aliphatic rings. The van der Waals surface area contributed by atoms with Gasteiger partial charge in [-0.15, -0.1) is 0 Å². The average molecular weight is 533 g/mol. The Labute approximate surface area is 227 Å². The van der Waals surface area contributed by atoms with Gasteiger partial charge in [0.05, 0.1) is 18.3 Å². The zero-order valence-corrected chi connectivity index (χ0v) is 23.4. The van der Waals surface area contributed by atoms with Crippen LogP contribution in [0.15, 0.2) is 36.5 Å². The maximum Gasteiger partial charge on any atom is 0.407 e. The molecule has 4 heterocycles. The highest BCUT2D eigenvalue weighted by Gasteiger charge is 2.28. The Morgan fingerprint density at radius 2 is 2.00 bits per heavy atom. The van der Waals surface area contributed by atoms with Crippen LogP contribution >= 0.6 is 0 Å². The number of alkyl carbamates (subject to hydrolysis) is 1. The molecule has 0 aliphatic carbocycles. The number of pyridine rings is 1. The number of carbonyl (C=O) groups is 2. The van der Waals surface area contributed by atoms with Crippen LogP contribution in [0.25, 0.3) is 33.6 Å². The lowest BCUT2D eigenvalue weighted by molar-refractivity contribution is 0.0452. The number of likely N-dealkylation sites (tertiary alicyclic amines) is 1. The molecule has 1 saturated heterocycles. The van der Waals surface area contributed by atoms with Crippen molar-refractivity contribution in [1.82, 2.24) is 29.3 Å². The number of nitrogens with zero attached hydrogens (tertiary/aromatic N) is 5. The maximum atomic E-state index is 13.6. The molecule has 5 rings (SSSR count).